The number of nitrogens with one attached hydrogen (secondary N) is 1. The minimum Gasteiger partial charge on any atom is -0.338 e. The number of halogens is 1. The predicted octanol–water partition coefficient (Wildman–Crippen LogP) is 0.163. The maximum atomic E-state index is 12.2. The molecule has 0 aliphatic carbocycles. The van der Waals surface area contributed by atoms with Gasteiger partial charge in [0.05, 0.1) is 6.42 Å². The van der Waals surface area contributed by atoms with Crippen LogP contribution in [0, 0.1) is 12.8 Å². The first-order valence-corrected chi connectivity index (χ1v) is 6.04. The molecule has 3 rings (SSSR count). The SMILES string of the molecule is Cc1nonc1CC(=O)N1CC[C@H]2CNC[C@H]21.Cl. The molecular formula is C11H17ClN4O2. The molecule has 18 heavy (non-hydrogen) atoms. The molecule has 1 aromatic rings. The van der Waals surface area contributed by atoms with Crippen molar-refractivity contribution in [2.24, 2.45) is 5.92 Å². The highest BCUT2D eigenvalue weighted by atomic mass is 35.5. The van der Waals surface area contributed by atoms with Gasteiger partial charge in [0.15, 0.2) is 0 Å². The van der Waals surface area contributed by atoms with Crippen LogP contribution in [0.2, 0.25) is 0 Å². The van der Waals surface area contributed by atoms with Crippen LogP contribution in [0.25, 0.3) is 0 Å². The second-order valence-corrected chi connectivity index (χ2v) is 4.83. The van der Waals surface area contributed by atoms with Crippen molar-refractivity contribution in [2.75, 3.05) is 19.6 Å². The number of likely N-dealkylation sites (tertiary alicyclic amines) is 1. The van der Waals surface area contributed by atoms with Gasteiger partial charge in [0, 0.05) is 25.7 Å². The van der Waals surface area contributed by atoms with Gasteiger partial charge in [0.2, 0.25) is 5.91 Å². The number of hydrogen-bond donors (Lipinski definition) is 1. The first-order chi connectivity index (χ1) is 8.25. The number of nitrogens with zero attached hydrogens (tertiary/aromatic N) is 3. The van der Waals surface area contributed by atoms with E-state index in [1.54, 1.807) is 0 Å². The zero-order chi connectivity index (χ0) is 11.8. The van der Waals surface area contributed by atoms with E-state index in [1.165, 1.54) is 0 Å². The number of aryl methyl sites for hydroxylation is 1. The molecule has 0 saturated carbocycles. The maximum absolute atomic E-state index is 12.2. The minimum absolute atomic E-state index is 0. The topological polar surface area (TPSA) is 71.3 Å². The van der Waals surface area contributed by atoms with Crippen LogP contribution in [0.4, 0.5) is 0 Å². The van der Waals surface area contributed by atoms with Crippen molar-refractivity contribution in [3.8, 4) is 0 Å². The van der Waals surface area contributed by atoms with Crippen molar-refractivity contribution in [1.82, 2.24) is 20.5 Å². The average Bonchev–Trinajstić information content (AvgIpc) is 2.94. The van der Waals surface area contributed by atoms with Gasteiger partial charge in [0.1, 0.15) is 11.4 Å². The molecule has 2 aliphatic rings. The van der Waals surface area contributed by atoms with Crippen molar-refractivity contribution < 1.29 is 9.42 Å². The highest BCUT2D eigenvalue weighted by Crippen LogP contribution is 2.27. The molecular weight excluding hydrogens is 256 g/mol. The summed E-state index contributed by atoms with van der Waals surface area (Å²) in [6.07, 6.45) is 1.41. The summed E-state index contributed by atoms with van der Waals surface area (Å²) in [7, 11) is 0. The van der Waals surface area contributed by atoms with Crippen LogP contribution in [-0.2, 0) is 11.2 Å². The summed E-state index contributed by atoms with van der Waals surface area (Å²) < 4.78 is 4.61. The highest BCUT2D eigenvalue weighted by molar-refractivity contribution is 5.85. The highest BCUT2D eigenvalue weighted by Gasteiger charge is 2.39. The summed E-state index contributed by atoms with van der Waals surface area (Å²) in [4.78, 5) is 14.2. The Morgan fingerprint density at radius 2 is 2.33 bits per heavy atom. The standard InChI is InChI=1S/C11H16N4O2.ClH/c1-7-9(14-17-13-7)4-11(16)15-3-2-8-5-12-6-10(8)15;/h8,10,12H,2-6H2,1H3;1H/t8-,10+;/m0./s1. The number of rotatable bonds is 2. The second kappa shape index (κ2) is 5.24. The van der Waals surface area contributed by atoms with Gasteiger partial charge in [-0.1, -0.05) is 10.3 Å². The molecule has 2 aliphatic heterocycles. The van der Waals surface area contributed by atoms with Crippen molar-refractivity contribution in [3.05, 3.63) is 11.4 Å². The van der Waals surface area contributed by atoms with E-state index in [2.05, 4.69) is 20.3 Å². The average molecular weight is 273 g/mol. The van der Waals surface area contributed by atoms with Gasteiger partial charge in [-0.2, -0.15) is 0 Å². The summed E-state index contributed by atoms with van der Waals surface area (Å²) in [5, 5.41) is 10.8. The van der Waals surface area contributed by atoms with Gasteiger partial charge >= 0.3 is 0 Å². The third-order valence-electron chi connectivity index (χ3n) is 3.83. The van der Waals surface area contributed by atoms with E-state index >= 15 is 0 Å². The van der Waals surface area contributed by atoms with Crippen LogP contribution in [-0.4, -0.2) is 46.8 Å². The van der Waals surface area contributed by atoms with E-state index in [4.69, 9.17) is 0 Å². The van der Waals surface area contributed by atoms with Crippen LogP contribution in [0.1, 0.15) is 17.8 Å². The Balaban J connectivity index is 0.00000120. The fourth-order valence-electron chi connectivity index (χ4n) is 2.81. The fourth-order valence-corrected chi connectivity index (χ4v) is 2.81. The molecule has 3 heterocycles. The monoisotopic (exact) mass is 272 g/mol. The third-order valence-corrected chi connectivity index (χ3v) is 3.83. The van der Waals surface area contributed by atoms with Gasteiger partial charge in [-0.3, -0.25) is 4.79 Å². The van der Waals surface area contributed by atoms with Gasteiger partial charge in [-0.15, -0.1) is 12.4 Å². The zero-order valence-corrected chi connectivity index (χ0v) is 11.1. The Morgan fingerprint density at radius 3 is 3.06 bits per heavy atom. The molecule has 0 unspecified atom stereocenters. The van der Waals surface area contributed by atoms with Gasteiger partial charge in [-0.25, -0.2) is 4.63 Å². The Labute approximate surface area is 111 Å². The Hall–Kier alpha value is -1.14. The summed E-state index contributed by atoms with van der Waals surface area (Å²) in [6.45, 7) is 4.65. The van der Waals surface area contributed by atoms with Crippen molar-refractivity contribution in [1.29, 1.82) is 0 Å². The third kappa shape index (κ3) is 2.22. The fraction of sp³-hybridized carbons (Fsp3) is 0.727. The molecule has 1 amide bonds. The van der Waals surface area contributed by atoms with Crippen LogP contribution >= 0.6 is 12.4 Å². The number of carbonyl (C=O) groups is 1. The number of carbonyl (C=O) groups excluding carboxylic acids is 1. The smallest absolute Gasteiger partial charge is 0.229 e. The van der Waals surface area contributed by atoms with Crippen molar-refractivity contribution in [2.45, 2.75) is 25.8 Å². The Kier molecular flexibility index (Phi) is 3.87. The summed E-state index contributed by atoms with van der Waals surface area (Å²) in [5.74, 6) is 0.774. The number of fused-ring (bicyclic) bond motifs is 1. The molecule has 6 nitrogen and oxygen atoms in total. The quantitative estimate of drug-likeness (QED) is 0.831. The van der Waals surface area contributed by atoms with Crippen LogP contribution in [0.15, 0.2) is 4.63 Å². The lowest BCUT2D eigenvalue weighted by Gasteiger charge is -2.22. The maximum Gasteiger partial charge on any atom is 0.229 e. The predicted molar refractivity (Wildman–Crippen MR) is 66.5 cm³/mol. The zero-order valence-electron chi connectivity index (χ0n) is 10.3. The van der Waals surface area contributed by atoms with Gasteiger partial charge < -0.3 is 10.2 Å². The lowest BCUT2D eigenvalue weighted by molar-refractivity contribution is -0.131. The molecule has 2 atom stereocenters. The molecule has 2 fully saturated rings. The van der Waals surface area contributed by atoms with E-state index in [-0.39, 0.29) is 18.3 Å². The van der Waals surface area contributed by atoms with E-state index in [1.807, 2.05) is 11.8 Å². The summed E-state index contributed by atoms with van der Waals surface area (Å²) in [5.41, 5.74) is 1.36. The molecule has 0 bridgehead atoms. The first-order valence-electron chi connectivity index (χ1n) is 6.04. The molecule has 1 aromatic heterocycles. The van der Waals surface area contributed by atoms with Crippen LogP contribution in [0.5, 0.6) is 0 Å². The molecule has 0 radical (unpaired) electrons. The van der Waals surface area contributed by atoms with Gasteiger partial charge in [0.25, 0.3) is 0 Å². The van der Waals surface area contributed by atoms with Crippen LogP contribution < -0.4 is 5.32 Å². The lowest BCUT2D eigenvalue weighted by atomic mass is 10.1. The number of hydrogen-bond acceptors (Lipinski definition) is 5. The van der Waals surface area contributed by atoms with E-state index < -0.39 is 0 Å². The number of aromatic nitrogens is 2. The minimum atomic E-state index is 0. The Morgan fingerprint density at radius 1 is 1.50 bits per heavy atom. The van der Waals surface area contributed by atoms with E-state index in [9.17, 15) is 4.79 Å². The van der Waals surface area contributed by atoms with Crippen molar-refractivity contribution in [3.63, 3.8) is 0 Å². The molecule has 7 heteroatoms. The molecule has 0 aromatic carbocycles. The molecule has 100 valence electrons. The first kappa shape index (κ1) is 13.3. The van der Waals surface area contributed by atoms with Crippen molar-refractivity contribution >= 4 is 18.3 Å². The van der Waals surface area contributed by atoms with E-state index in [0.29, 0.717) is 29.8 Å². The lowest BCUT2D eigenvalue weighted by Crippen LogP contribution is -2.40. The normalized spacial score (nSPS) is 25.9. The largest absolute Gasteiger partial charge is 0.338 e. The molecule has 1 N–H and O–H groups in total. The molecule has 2 saturated heterocycles. The van der Waals surface area contributed by atoms with E-state index in [0.717, 1.165) is 26.1 Å². The van der Waals surface area contributed by atoms with Crippen LogP contribution in [0.3, 0.4) is 0 Å². The number of amides is 1. The Bertz CT molecular complexity index is 436. The second-order valence-electron chi connectivity index (χ2n) is 4.83. The van der Waals surface area contributed by atoms with Gasteiger partial charge in [-0.05, 0) is 19.3 Å². The summed E-state index contributed by atoms with van der Waals surface area (Å²) >= 11 is 0. The summed E-state index contributed by atoms with van der Waals surface area (Å²) in [6, 6.07) is 0.377. The molecule has 0 spiro atoms.